The number of nitrogens with zero attached hydrogens (tertiary/aromatic N) is 3. The number of aromatic nitrogens is 2. The summed E-state index contributed by atoms with van der Waals surface area (Å²) < 4.78 is 7.60. The second-order valence-electron chi connectivity index (χ2n) is 11.1. The Bertz CT molecular complexity index is 1030. The number of nitrogens with one attached hydrogen (secondary N) is 1. The molecule has 1 N–H and O–H groups in total. The van der Waals surface area contributed by atoms with Gasteiger partial charge in [0.25, 0.3) is 0 Å². The zero-order valence-electron chi connectivity index (χ0n) is 21.0. The summed E-state index contributed by atoms with van der Waals surface area (Å²) in [4.78, 5) is 28.2. The van der Waals surface area contributed by atoms with Gasteiger partial charge in [-0.3, -0.25) is 14.5 Å². The molecule has 0 aromatic carbocycles. The van der Waals surface area contributed by atoms with E-state index in [9.17, 15) is 9.59 Å². The number of carbonyl (C=O) groups excluding carboxylic acids is 2. The van der Waals surface area contributed by atoms with Crippen LogP contribution in [0.1, 0.15) is 76.5 Å². The number of fused-ring (bicyclic) bond motifs is 1. The summed E-state index contributed by atoms with van der Waals surface area (Å²) in [6, 6.07) is 2.13. The van der Waals surface area contributed by atoms with E-state index in [-0.39, 0.29) is 40.7 Å². The van der Waals surface area contributed by atoms with E-state index in [1.54, 1.807) is 28.0 Å². The average molecular weight is 505 g/mol. The lowest BCUT2D eigenvalue weighted by Crippen LogP contribution is -2.45. The quantitative estimate of drug-likeness (QED) is 0.651. The topological polar surface area (TPSA) is 76.5 Å². The zero-order valence-corrected chi connectivity index (χ0v) is 22.6. The third kappa shape index (κ3) is 5.21. The molecule has 9 heteroatoms. The highest BCUT2D eigenvalue weighted by Crippen LogP contribution is 2.49. The summed E-state index contributed by atoms with van der Waals surface area (Å²) >= 11 is 3.28. The molecule has 0 radical (unpaired) electrons. The first-order valence-electron chi connectivity index (χ1n) is 11.9. The van der Waals surface area contributed by atoms with Gasteiger partial charge in [0.05, 0.1) is 28.3 Å². The van der Waals surface area contributed by atoms with E-state index < -0.39 is 0 Å². The largest absolute Gasteiger partial charge is 0.376 e. The van der Waals surface area contributed by atoms with Crippen LogP contribution >= 0.6 is 23.1 Å². The normalized spacial score (nSPS) is 21.5. The molecule has 186 valence electrons. The summed E-state index contributed by atoms with van der Waals surface area (Å²) in [5, 5.41) is 12.3. The van der Waals surface area contributed by atoms with Gasteiger partial charge in [-0.15, -0.1) is 11.8 Å². The van der Waals surface area contributed by atoms with Gasteiger partial charge in [0, 0.05) is 24.1 Å². The Hall–Kier alpha value is -1.84. The minimum absolute atomic E-state index is 0.0181. The van der Waals surface area contributed by atoms with Crippen LogP contribution in [0.15, 0.2) is 16.8 Å². The Kier molecular flexibility index (Phi) is 7.18. The molecular weight excluding hydrogens is 468 g/mol. The minimum atomic E-state index is -0.367. The first-order chi connectivity index (χ1) is 16.0. The SMILES string of the molecule is CC(C)(C)c1nn(C(C)(C)C)c2c1[C@@H](c1ccsc1)SCC(=O)N2CC(=O)NC[C@@H]1CCCO1. The van der Waals surface area contributed by atoms with E-state index in [0.717, 1.165) is 36.5 Å². The fourth-order valence-corrected chi connectivity index (χ4v) is 6.42. The Morgan fingerprint density at radius 2 is 2.03 bits per heavy atom. The van der Waals surface area contributed by atoms with Gasteiger partial charge in [0.15, 0.2) is 0 Å². The van der Waals surface area contributed by atoms with Crippen molar-refractivity contribution in [1.29, 1.82) is 0 Å². The van der Waals surface area contributed by atoms with Crippen molar-refractivity contribution in [3.63, 3.8) is 0 Å². The van der Waals surface area contributed by atoms with Crippen molar-refractivity contribution < 1.29 is 14.3 Å². The Morgan fingerprint density at radius 3 is 2.62 bits per heavy atom. The standard InChI is InChI=1S/C25H36N4O3S2/c1-24(2,3)22-20-21(16-9-11-33-14-16)34-15-19(31)28(23(20)29(27-22)25(4,5)6)13-18(30)26-12-17-8-7-10-32-17/h9,11,14,17,21H,7-8,10,12-13,15H2,1-6H3,(H,26,30)/t17-,21+/m0/s1. The number of hydrogen-bond acceptors (Lipinski definition) is 6. The smallest absolute Gasteiger partial charge is 0.240 e. The van der Waals surface area contributed by atoms with Crippen LogP contribution in [-0.4, -0.2) is 53.1 Å². The van der Waals surface area contributed by atoms with Crippen molar-refractivity contribution in [2.75, 3.05) is 30.3 Å². The molecule has 0 bridgehead atoms. The lowest BCUT2D eigenvalue weighted by atomic mass is 9.87. The molecule has 0 unspecified atom stereocenters. The van der Waals surface area contributed by atoms with Crippen molar-refractivity contribution in [3.05, 3.63) is 33.6 Å². The van der Waals surface area contributed by atoms with Gasteiger partial charge >= 0.3 is 0 Å². The number of anilines is 1. The number of carbonyl (C=O) groups is 2. The van der Waals surface area contributed by atoms with Crippen LogP contribution in [0.5, 0.6) is 0 Å². The third-order valence-electron chi connectivity index (χ3n) is 6.13. The van der Waals surface area contributed by atoms with Gasteiger partial charge in [-0.2, -0.15) is 16.4 Å². The molecule has 7 nitrogen and oxygen atoms in total. The molecule has 1 saturated heterocycles. The maximum Gasteiger partial charge on any atom is 0.240 e. The fourth-order valence-electron chi connectivity index (χ4n) is 4.46. The second-order valence-corrected chi connectivity index (χ2v) is 13.0. The molecule has 1 fully saturated rings. The number of amides is 2. The zero-order chi connectivity index (χ0) is 24.7. The Balaban J connectivity index is 1.78. The van der Waals surface area contributed by atoms with Crippen molar-refractivity contribution in [2.24, 2.45) is 0 Å². The number of hydrogen-bond donors (Lipinski definition) is 1. The average Bonchev–Trinajstić information content (AvgIpc) is 3.49. The molecule has 34 heavy (non-hydrogen) atoms. The van der Waals surface area contributed by atoms with E-state index in [1.165, 1.54) is 5.56 Å². The first-order valence-corrected chi connectivity index (χ1v) is 13.9. The van der Waals surface area contributed by atoms with Gasteiger partial charge in [0.2, 0.25) is 11.8 Å². The molecule has 2 aromatic rings. The summed E-state index contributed by atoms with van der Waals surface area (Å²) in [6.45, 7) is 13.9. The second kappa shape index (κ2) is 9.66. The highest BCUT2D eigenvalue weighted by Gasteiger charge is 2.41. The molecule has 4 rings (SSSR count). The monoisotopic (exact) mass is 504 g/mol. The molecule has 0 aliphatic carbocycles. The number of ether oxygens (including phenoxy) is 1. The number of rotatable bonds is 5. The van der Waals surface area contributed by atoms with E-state index in [2.05, 4.69) is 63.7 Å². The van der Waals surface area contributed by atoms with Crippen LogP contribution in [0.3, 0.4) is 0 Å². The number of thiophene rings is 1. The maximum absolute atomic E-state index is 13.5. The van der Waals surface area contributed by atoms with Crippen molar-refractivity contribution in [2.45, 2.75) is 76.7 Å². The van der Waals surface area contributed by atoms with Gasteiger partial charge < -0.3 is 10.1 Å². The molecule has 2 atom stereocenters. The van der Waals surface area contributed by atoms with Gasteiger partial charge in [-0.1, -0.05) is 20.8 Å². The third-order valence-corrected chi connectivity index (χ3v) is 8.09. The lowest BCUT2D eigenvalue weighted by Gasteiger charge is -2.29. The first kappa shape index (κ1) is 25.3. The lowest BCUT2D eigenvalue weighted by molar-refractivity contribution is -0.123. The molecule has 2 aliphatic rings. The van der Waals surface area contributed by atoms with Gasteiger partial charge in [0.1, 0.15) is 12.4 Å². The Labute approximate surface area is 210 Å². The van der Waals surface area contributed by atoms with Crippen molar-refractivity contribution in [1.82, 2.24) is 15.1 Å². The molecule has 0 saturated carbocycles. The molecular formula is C25H36N4O3S2. The van der Waals surface area contributed by atoms with E-state index >= 15 is 0 Å². The predicted molar refractivity (Wildman–Crippen MR) is 139 cm³/mol. The minimum Gasteiger partial charge on any atom is -0.376 e. The molecule has 0 spiro atoms. The predicted octanol–water partition coefficient (Wildman–Crippen LogP) is 4.46. The van der Waals surface area contributed by atoms with Gasteiger partial charge in [-0.25, -0.2) is 4.68 Å². The van der Waals surface area contributed by atoms with E-state index in [4.69, 9.17) is 9.84 Å². The van der Waals surface area contributed by atoms with Crippen LogP contribution in [0.2, 0.25) is 0 Å². The van der Waals surface area contributed by atoms with Crippen LogP contribution < -0.4 is 10.2 Å². The number of thioether (sulfide) groups is 1. The summed E-state index contributed by atoms with van der Waals surface area (Å²) in [6.07, 6.45) is 2.04. The van der Waals surface area contributed by atoms with Gasteiger partial charge in [-0.05, 0) is 56.0 Å². The van der Waals surface area contributed by atoms with E-state index in [0.29, 0.717) is 12.3 Å². The molecule has 2 aliphatic heterocycles. The van der Waals surface area contributed by atoms with Crippen molar-refractivity contribution >= 4 is 40.7 Å². The highest BCUT2D eigenvalue weighted by molar-refractivity contribution is 8.00. The van der Waals surface area contributed by atoms with Crippen molar-refractivity contribution in [3.8, 4) is 0 Å². The fraction of sp³-hybridized carbons (Fsp3) is 0.640. The molecule has 4 heterocycles. The Morgan fingerprint density at radius 1 is 1.26 bits per heavy atom. The summed E-state index contributed by atoms with van der Waals surface area (Å²) in [5.41, 5.74) is 2.60. The summed E-state index contributed by atoms with van der Waals surface area (Å²) in [5.74, 6) is 0.813. The van der Waals surface area contributed by atoms with Crippen LogP contribution in [0.4, 0.5) is 5.82 Å². The van der Waals surface area contributed by atoms with Crippen LogP contribution in [-0.2, 0) is 25.3 Å². The van der Waals surface area contributed by atoms with Crippen LogP contribution in [0.25, 0.3) is 0 Å². The molecule has 2 aromatic heterocycles. The molecule has 2 amide bonds. The van der Waals surface area contributed by atoms with E-state index in [1.807, 2.05) is 4.68 Å². The maximum atomic E-state index is 13.5. The highest BCUT2D eigenvalue weighted by atomic mass is 32.2. The summed E-state index contributed by atoms with van der Waals surface area (Å²) in [7, 11) is 0. The van der Waals surface area contributed by atoms with Crippen LogP contribution in [0, 0.1) is 0 Å².